The highest BCUT2D eigenvalue weighted by Crippen LogP contribution is 2.15. The van der Waals surface area contributed by atoms with Crippen molar-refractivity contribution >= 4 is 5.91 Å². The molecule has 0 aromatic heterocycles. The van der Waals surface area contributed by atoms with Crippen LogP contribution in [0, 0.1) is 0 Å². The first kappa shape index (κ1) is 44.1. The molecule has 0 fully saturated rings. The largest absolute Gasteiger partial charge is 0.394 e. The number of unbranched alkanes of at least 4 members (excludes halogenated alkanes) is 28. The van der Waals surface area contributed by atoms with Gasteiger partial charge in [-0.15, -0.1) is 0 Å². The summed E-state index contributed by atoms with van der Waals surface area (Å²) < 4.78 is 0. The van der Waals surface area contributed by atoms with Crippen LogP contribution in [0.3, 0.4) is 0 Å². The van der Waals surface area contributed by atoms with Crippen LogP contribution in [-0.2, 0) is 4.79 Å². The summed E-state index contributed by atoms with van der Waals surface area (Å²) in [7, 11) is 0. The summed E-state index contributed by atoms with van der Waals surface area (Å²) in [5.74, 6) is -0.0323. The highest BCUT2D eigenvalue weighted by atomic mass is 16.3. The van der Waals surface area contributed by atoms with Crippen molar-refractivity contribution in [2.24, 2.45) is 0 Å². The molecule has 0 saturated heterocycles. The average Bonchev–Trinajstić information content (AvgIpc) is 3.04. The summed E-state index contributed by atoms with van der Waals surface area (Å²) in [6, 6.07) is -0.532. The van der Waals surface area contributed by atoms with Gasteiger partial charge in [-0.25, -0.2) is 0 Å². The topological polar surface area (TPSA) is 69.6 Å². The van der Waals surface area contributed by atoms with E-state index in [4.69, 9.17) is 0 Å². The van der Waals surface area contributed by atoms with Gasteiger partial charge in [-0.3, -0.25) is 4.79 Å². The minimum absolute atomic E-state index is 0.0323. The Morgan fingerprint density at radius 3 is 1.22 bits per heavy atom. The molecule has 0 heterocycles. The fraction of sp³-hybridized carbons (Fsp3) is 0.927. The third-order valence-electron chi connectivity index (χ3n) is 9.53. The fourth-order valence-corrected chi connectivity index (χ4v) is 6.36. The zero-order chi connectivity index (χ0) is 32.9. The Hall–Kier alpha value is -0.870. The normalized spacial score (nSPS) is 13.1. The van der Waals surface area contributed by atoms with E-state index in [0.29, 0.717) is 12.8 Å². The van der Waals surface area contributed by atoms with Gasteiger partial charge in [0, 0.05) is 6.42 Å². The molecule has 268 valence electrons. The van der Waals surface area contributed by atoms with Crippen molar-refractivity contribution in [1.82, 2.24) is 5.32 Å². The quantitative estimate of drug-likeness (QED) is 0.0470. The van der Waals surface area contributed by atoms with Crippen LogP contribution < -0.4 is 5.32 Å². The van der Waals surface area contributed by atoms with Crippen molar-refractivity contribution in [2.45, 2.75) is 238 Å². The third-order valence-corrected chi connectivity index (χ3v) is 9.53. The summed E-state index contributed by atoms with van der Waals surface area (Å²) in [4.78, 5) is 12.4. The smallest absolute Gasteiger partial charge is 0.220 e. The summed E-state index contributed by atoms with van der Waals surface area (Å²) in [6.07, 6.45) is 45.6. The maximum absolute atomic E-state index is 12.4. The zero-order valence-corrected chi connectivity index (χ0v) is 30.7. The van der Waals surface area contributed by atoms with Gasteiger partial charge in [-0.1, -0.05) is 193 Å². The predicted molar refractivity (Wildman–Crippen MR) is 198 cm³/mol. The number of aliphatic hydroxyl groups is 2. The Morgan fingerprint density at radius 2 is 0.844 bits per heavy atom. The average molecular weight is 636 g/mol. The van der Waals surface area contributed by atoms with Gasteiger partial charge in [0.1, 0.15) is 0 Å². The van der Waals surface area contributed by atoms with E-state index in [9.17, 15) is 15.0 Å². The van der Waals surface area contributed by atoms with Crippen molar-refractivity contribution in [1.29, 1.82) is 0 Å². The second kappa shape index (κ2) is 37.6. The number of hydrogen-bond acceptors (Lipinski definition) is 3. The molecule has 0 aliphatic rings. The standard InChI is InChI=1S/C41H81NO3/c1-3-5-7-9-11-13-15-17-19-20-21-22-23-25-27-29-31-33-35-37-41(45)42-39(38-43)40(44)36-34-32-30-28-26-24-18-16-14-12-10-8-6-4-2/h17,19,39-40,43-44H,3-16,18,20-38H2,1-2H3,(H,42,45)/b19-17-. The van der Waals surface area contributed by atoms with E-state index in [1.165, 1.54) is 173 Å². The Labute approximate surface area is 282 Å². The van der Waals surface area contributed by atoms with Gasteiger partial charge in [0.05, 0.1) is 18.8 Å². The first-order chi connectivity index (χ1) is 22.2. The number of carbonyl (C=O) groups excluding carboxylic acids is 1. The van der Waals surface area contributed by atoms with Crippen molar-refractivity contribution < 1.29 is 15.0 Å². The molecule has 0 aromatic rings. The van der Waals surface area contributed by atoms with Crippen LogP contribution in [0.5, 0.6) is 0 Å². The third kappa shape index (κ3) is 34.3. The van der Waals surface area contributed by atoms with Gasteiger partial charge in [0.25, 0.3) is 0 Å². The van der Waals surface area contributed by atoms with Crippen LogP contribution in [0.4, 0.5) is 0 Å². The molecule has 1 amide bonds. The number of hydrogen-bond donors (Lipinski definition) is 3. The lowest BCUT2D eigenvalue weighted by molar-refractivity contribution is -0.123. The molecule has 0 rings (SSSR count). The Morgan fingerprint density at radius 1 is 0.511 bits per heavy atom. The van der Waals surface area contributed by atoms with Crippen LogP contribution in [0.2, 0.25) is 0 Å². The number of aliphatic hydroxyl groups excluding tert-OH is 2. The minimum Gasteiger partial charge on any atom is -0.394 e. The summed E-state index contributed by atoms with van der Waals surface area (Å²) in [6.45, 7) is 4.36. The zero-order valence-electron chi connectivity index (χ0n) is 30.7. The molecule has 0 spiro atoms. The summed E-state index contributed by atoms with van der Waals surface area (Å²) in [5.41, 5.74) is 0. The Kier molecular flexibility index (Phi) is 36.9. The second-order valence-electron chi connectivity index (χ2n) is 14.1. The fourth-order valence-electron chi connectivity index (χ4n) is 6.36. The minimum atomic E-state index is -0.655. The monoisotopic (exact) mass is 636 g/mol. The molecule has 2 atom stereocenters. The van der Waals surface area contributed by atoms with Gasteiger partial charge in [-0.2, -0.15) is 0 Å². The van der Waals surface area contributed by atoms with E-state index in [0.717, 1.165) is 25.7 Å². The molecule has 0 aromatic carbocycles. The van der Waals surface area contributed by atoms with E-state index in [2.05, 4.69) is 31.3 Å². The number of nitrogens with one attached hydrogen (secondary N) is 1. The van der Waals surface area contributed by atoms with E-state index in [-0.39, 0.29) is 12.5 Å². The molecule has 45 heavy (non-hydrogen) atoms. The SMILES string of the molecule is CCCCCCCC/C=C\CCCCCCCCCCCC(=O)NC(CO)C(O)CCCCCCCCCCCCCCCC. The van der Waals surface area contributed by atoms with Crippen molar-refractivity contribution in [3.05, 3.63) is 12.2 Å². The van der Waals surface area contributed by atoms with Crippen LogP contribution in [0.25, 0.3) is 0 Å². The maximum Gasteiger partial charge on any atom is 0.220 e. The van der Waals surface area contributed by atoms with Gasteiger partial charge < -0.3 is 15.5 Å². The van der Waals surface area contributed by atoms with Gasteiger partial charge in [0.15, 0.2) is 0 Å². The van der Waals surface area contributed by atoms with Crippen LogP contribution in [-0.4, -0.2) is 34.9 Å². The summed E-state index contributed by atoms with van der Waals surface area (Å²) >= 11 is 0. The number of amides is 1. The highest BCUT2D eigenvalue weighted by molar-refractivity contribution is 5.76. The van der Waals surface area contributed by atoms with Crippen molar-refractivity contribution in [3.8, 4) is 0 Å². The van der Waals surface area contributed by atoms with E-state index >= 15 is 0 Å². The molecule has 0 aliphatic carbocycles. The first-order valence-corrected chi connectivity index (χ1v) is 20.4. The van der Waals surface area contributed by atoms with Crippen LogP contribution >= 0.6 is 0 Å². The number of allylic oxidation sites excluding steroid dienone is 2. The van der Waals surface area contributed by atoms with Crippen molar-refractivity contribution in [2.75, 3.05) is 6.61 Å². The van der Waals surface area contributed by atoms with Crippen molar-refractivity contribution in [3.63, 3.8) is 0 Å². The van der Waals surface area contributed by atoms with Crippen LogP contribution in [0.15, 0.2) is 12.2 Å². The Balaban J connectivity index is 3.51. The first-order valence-electron chi connectivity index (χ1n) is 20.4. The maximum atomic E-state index is 12.4. The lowest BCUT2D eigenvalue weighted by Gasteiger charge is -2.22. The van der Waals surface area contributed by atoms with Gasteiger partial charge in [0.2, 0.25) is 5.91 Å². The number of carbonyl (C=O) groups is 1. The summed E-state index contributed by atoms with van der Waals surface area (Å²) in [5, 5.41) is 23.1. The van der Waals surface area contributed by atoms with E-state index < -0.39 is 12.1 Å². The molecular formula is C41H81NO3. The van der Waals surface area contributed by atoms with Gasteiger partial charge >= 0.3 is 0 Å². The molecule has 0 aliphatic heterocycles. The Bertz CT molecular complexity index is 608. The lowest BCUT2D eigenvalue weighted by atomic mass is 10.0. The molecule has 0 radical (unpaired) electrons. The molecule has 4 heteroatoms. The predicted octanol–water partition coefficient (Wildman–Crippen LogP) is 12.3. The van der Waals surface area contributed by atoms with Crippen LogP contribution in [0.1, 0.15) is 226 Å². The second-order valence-corrected chi connectivity index (χ2v) is 14.1. The van der Waals surface area contributed by atoms with E-state index in [1.807, 2.05) is 0 Å². The molecule has 0 bridgehead atoms. The van der Waals surface area contributed by atoms with Gasteiger partial charge in [-0.05, 0) is 38.5 Å². The lowest BCUT2D eigenvalue weighted by Crippen LogP contribution is -2.45. The molecule has 2 unspecified atom stereocenters. The number of rotatable bonds is 37. The highest BCUT2D eigenvalue weighted by Gasteiger charge is 2.19. The molecule has 0 saturated carbocycles. The van der Waals surface area contributed by atoms with E-state index in [1.54, 1.807) is 0 Å². The molecule has 4 nitrogen and oxygen atoms in total. The molecular weight excluding hydrogens is 554 g/mol. The molecule has 3 N–H and O–H groups in total.